The number of amides is 4. The summed E-state index contributed by atoms with van der Waals surface area (Å²) in [5.41, 5.74) is 7.15. The van der Waals surface area contributed by atoms with Gasteiger partial charge >= 0.3 is 0 Å². The van der Waals surface area contributed by atoms with Crippen LogP contribution in [-0.4, -0.2) is 96.8 Å². The molecule has 4 bridgehead atoms. The van der Waals surface area contributed by atoms with Gasteiger partial charge in [-0.1, -0.05) is 196 Å². The van der Waals surface area contributed by atoms with E-state index in [0.717, 1.165) is 95.9 Å². The monoisotopic (exact) mass is 1010 g/mol. The van der Waals surface area contributed by atoms with Crippen LogP contribution in [0.25, 0.3) is 0 Å². The summed E-state index contributed by atoms with van der Waals surface area (Å²) in [5.74, 6) is -0.816. The lowest BCUT2D eigenvalue weighted by atomic mass is 9.89. The van der Waals surface area contributed by atoms with Crippen molar-refractivity contribution in [1.29, 1.82) is 0 Å². The Kier molecular flexibility index (Phi) is 18.7. The van der Waals surface area contributed by atoms with Gasteiger partial charge in [-0.05, 0) is 70.2 Å². The van der Waals surface area contributed by atoms with Crippen LogP contribution in [0.15, 0.2) is 190 Å². The van der Waals surface area contributed by atoms with Crippen LogP contribution in [0.4, 0.5) is 0 Å². The zero-order valence-electron chi connectivity index (χ0n) is 43.0. The van der Waals surface area contributed by atoms with Crippen LogP contribution in [-0.2, 0) is 44.9 Å². The highest BCUT2D eigenvalue weighted by Crippen LogP contribution is 2.23. The fraction of sp³-hybridized carbons (Fsp3) is 0.312. The average Bonchev–Trinajstić information content (AvgIpc) is 3.45. The van der Waals surface area contributed by atoms with Gasteiger partial charge < -0.3 is 21.3 Å². The number of hydrogen-bond donors (Lipinski definition) is 4. The minimum atomic E-state index is -0.728. The smallest absolute Gasteiger partial charge is 0.245 e. The molecule has 6 aromatic rings. The van der Waals surface area contributed by atoms with E-state index in [0.29, 0.717) is 25.7 Å². The molecule has 8 atom stereocenters. The second kappa shape index (κ2) is 26.9. The molecule has 0 radical (unpaired) electrons. The quantitative estimate of drug-likeness (QED) is 0.120. The van der Waals surface area contributed by atoms with Crippen molar-refractivity contribution in [3.8, 4) is 0 Å². The summed E-state index contributed by atoms with van der Waals surface area (Å²) in [6.07, 6.45) is 15.1. The number of carbonyl (C=O) groups excluding carboxylic acids is 4. The fourth-order valence-corrected chi connectivity index (χ4v) is 10.3. The predicted molar refractivity (Wildman–Crippen MR) is 304 cm³/mol. The molecule has 12 nitrogen and oxygen atoms in total. The van der Waals surface area contributed by atoms with Gasteiger partial charge in [0.15, 0.2) is 0 Å². The van der Waals surface area contributed by atoms with E-state index in [4.69, 9.17) is 20.0 Å². The SMILES string of the molecule is O=C1N[C@@H]2CCCC[C@H]2NC(=O)[C@H](Cc2ccccc2)N=Cc2ccc(cc2)C=N[C@@H](Cc2ccccc2)C(=O)N[C@@H]2CCCC[C@H]2NC(=O)[C@H](Cc2ccccc2)N=Cc2ccc(cc2)C=N[C@H]1Cc1ccccc1. The van der Waals surface area contributed by atoms with Gasteiger partial charge in [0.2, 0.25) is 23.6 Å². The van der Waals surface area contributed by atoms with Gasteiger partial charge in [0, 0.05) is 74.7 Å². The Labute approximate surface area is 446 Å². The van der Waals surface area contributed by atoms with Crippen molar-refractivity contribution >= 4 is 48.5 Å². The van der Waals surface area contributed by atoms with Gasteiger partial charge in [-0.3, -0.25) is 39.1 Å². The van der Waals surface area contributed by atoms with Crippen LogP contribution in [0, 0.1) is 0 Å². The second-order valence-corrected chi connectivity index (χ2v) is 20.3. The van der Waals surface area contributed by atoms with E-state index in [-0.39, 0.29) is 47.8 Å². The van der Waals surface area contributed by atoms with Crippen molar-refractivity contribution in [1.82, 2.24) is 21.3 Å². The fourth-order valence-electron chi connectivity index (χ4n) is 10.3. The molecule has 4 aliphatic heterocycles. The van der Waals surface area contributed by atoms with Gasteiger partial charge in [-0.25, -0.2) is 0 Å². The Morgan fingerprint density at radius 1 is 0.289 bits per heavy atom. The average molecular weight is 1010 g/mol. The summed E-state index contributed by atoms with van der Waals surface area (Å²) >= 11 is 0. The Morgan fingerprint density at radius 3 is 0.684 bits per heavy atom. The van der Waals surface area contributed by atoms with Crippen molar-refractivity contribution in [2.75, 3.05) is 0 Å². The van der Waals surface area contributed by atoms with E-state index in [9.17, 15) is 19.2 Å². The van der Waals surface area contributed by atoms with E-state index in [2.05, 4.69) is 21.3 Å². The largest absolute Gasteiger partial charge is 0.349 e. The molecule has 2 saturated carbocycles. The first-order valence-corrected chi connectivity index (χ1v) is 27.0. The number of nitrogens with one attached hydrogen (secondary N) is 4. The van der Waals surface area contributed by atoms with E-state index < -0.39 is 24.2 Å². The van der Waals surface area contributed by atoms with Gasteiger partial charge in [-0.2, -0.15) is 0 Å². The molecule has 0 spiro atoms. The zero-order chi connectivity index (χ0) is 52.3. The first-order chi connectivity index (χ1) is 37.3. The number of benzene rings is 6. The van der Waals surface area contributed by atoms with Crippen molar-refractivity contribution in [3.05, 3.63) is 214 Å². The normalized spacial score (nSPS) is 23.9. The lowest BCUT2D eigenvalue weighted by molar-refractivity contribution is -0.126. The molecule has 2 fully saturated rings. The molecule has 76 heavy (non-hydrogen) atoms. The summed E-state index contributed by atoms with van der Waals surface area (Å²) in [6, 6.07) is 50.8. The van der Waals surface area contributed by atoms with Crippen LogP contribution in [0.2, 0.25) is 0 Å². The summed E-state index contributed by atoms with van der Waals surface area (Å²) in [6.45, 7) is 0. The molecule has 6 aromatic carbocycles. The van der Waals surface area contributed by atoms with E-state index in [1.165, 1.54) is 0 Å². The lowest BCUT2D eigenvalue weighted by Crippen LogP contribution is -2.56. The van der Waals surface area contributed by atoms with Crippen LogP contribution >= 0.6 is 0 Å². The summed E-state index contributed by atoms with van der Waals surface area (Å²) < 4.78 is 0. The summed E-state index contributed by atoms with van der Waals surface area (Å²) in [4.78, 5) is 77.1. The highest BCUT2D eigenvalue weighted by Gasteiger charge is 2.34. The van der Waals surface area contributed by atoms with Gasteiger partial charge in [-0.15, -0.1) is 0 Å². The Hall–Kier alpha value is -8.12. The van der Waals surface area contributed by atoms with Crippen LogP contribution in [0.3, 0.4) is 0 Å². The molecule has 2 aliphatic carbocycles. The number of nitrogens with zero attached hydrogens (tertiary/aromatic N) is 4. The first kappa shape index (κ1) is 52.7. The second-order valence-electron chi connectivity index (χ2n) is 20.3. The van der Waals surface area contributed by atoms with Gasteiger partial charge in [0.25, 0.3) is 0 Å². The van der Waals surface area contributed by atoms with E-state index >= 15 is 0 Å². The topological polar surface area (TPSA) is 166 Å². The maximum Gasteiger partial charge on any atom is 0.245 e. The van der Waals surface area contributed by atoms with Crippen molar-refractivity contribution < 1.29 is 19.2 Å². The molecule has 12 rings (SSSR count). The molecule has 0 saturated heterocycles. The van der Waals surface area contributed by atoms with E-state index in [1.807, 2.05) is 170 Å². The highest BCUT2D eigenvalue weighted by molar-refractivity contribution is 5.92. The number of hydrogen-bond acceptors (Lipinski definition) is 8. The highest BCUT2D eigenvalue weighted by atomic mass is 16.2. The zero-order valence-corrected chi connectivity index (χ0v) is 43.0. The molecule has 388 valence electrons. The van der Waals surface area contributed by atoms with Crippen LogP contribution in [0.5, 0.6) is 0 Å². The minimum Gasteiger partial charge on any atom is -0.349 e. The summed E-state index contributed by atoms with van der Waals surface area (Å²) in [5, 5.41) is 13.3. The molecule has 4 amide bonds. The third kappa shape index (κ3) is 15.5. The third-order valence-electron chi connectivity index (χ3n) is 14.6. The summed E-state index contributed by atoms with van der Waals surface area (Å²) in [7, 11) is 0. The Bertz CT molecular complexity index is 2550. The van der Waals surface area contributed by atoms with Crippen molar-refractivity contribution in [2.24, 2.45) is 20.0 Å². The minimum absolute atomic E-state index is 0.204. The molecule has 12 heteroatoms. The maximum atomic E-state index is 14.4. The molecular weight excluding hydrogens is 945 g/mol. The molecular formula is C64H68N8O4. The molecule has 4 N–H and O–H groups in total. The van der Waals surface area contributed by atoms with Crippen molar-refractivity contribution in [3.63, 3.8) is 0 Å². The third-order valence-corrected chi connectivity index (χ3v) is 14.6. The predicted octanol–water partition coefficient (Wildman–Crippen LogP) is 8.61. The van der Waals surface area contributed by atoms with Crippen molar-refractivity contribution in [2.45, 2.75) is 125 Å². The Morgan fingerprint density at radius 2 is 0.487 bits per heavy atom. The first-order valence-electron chi connectivity index (χ1n) is 27.0. The molecule has 6 aliphatic rings. The number of aliphatic imine (C=N–C) groups is 4. The van der Waals surface area contributed by atoms with Gasteiger partial charge in [0.05, 0.1) is 0 Å². The standard InChI is InChI=1S/C64H68N8O4/c73-61-57(37-45-17-5-1-6-18-45)65-41-49-29-31-50(32-30-49)42-66-59(39-47-21-9-3-10-22-47)63(75)71-55-27-15-16-28-56(55)72-64(76)60(40-48-23-11-4-12-24-48)68-44-52-35-33-51(34-36-52)43-67-58(38-46-19-7-2-8-20-46)62(74)70-54-26-14-13-25-53(54)69-61/h1-12,17-24,29-36,41-44,53-60H,13-16,25-28,37-40H2,(H,69,73)(H,70,74)(H,71,75)(H,72,76)/t53-,54-,55-,56-,57+,58+,59+,60+/m1/s1. The number of carbonyl (C=O) groups is 4. The Balaban J connectivity index is 1.03. The van der Waals surface area contributed by atoms with E-state index in [1.54, 1.807) is 24.9 Å². The molecule has 0 unspecified atom stereocenters. The van der Waals surface area contributed by atoms with Crippen LogP contribution < -0.4 is 21.3 Å². The maximum absolute atomic E-state index is 14.4. The van der Waals surface area contributed by atoms with Crippen LogP contribution in [0.1, 0.15) is 95.9 Å². The molecule has 0 aromatic heterocycles. The lowest BCUT2D eigenvalue weighted by Gasteiger charge is -2.34. The molecule has 4 heterocycles. The number of rotatable bonds is 8. The van der Waals surface area contributed by atoms with Gasteiger partial charge in [0.1, 0.15) is 24.2 Å².